The molecule has 0 aliphatic rings. The Morgan fingerprint density at radius 3 is 2.56 bits per heavy atom. The zero-order valence-electron chi connectivity index (χ0n) is 14.5. The predicted octanol–water partition coefficient (Wildman–Crippen LogP) is 2.29. The number of rotatable bonds is 8. The topological polar surface area (TPSA) is 66.9 Å². The minimum atomic E-state index is -3.59. The normalized spacial score (nSPS) is 11.7. The van der Waals surface area contributed by atoms with Crippen molar-refractivity contribution < 1.29 is 17.9 Å². The molecule has 1 aromatic carbocycles. The first kappa shape index (κ1) is 19.6. The molecule has 2 aromatic rings. The van der Waals surface area contributed by atoms with E-state index in [1.54, 1.807) is 35.5 Å². The van der Waals surface area contributed by atoms with E-state index in [0.29, 0.717) is 25.3 Å². The van der Waals surface area contributed by atoms with Crippen molar-refractivity contribution in [3.05, 3.63) is 52.2 Å². The SMILES string of the molecule is COCCN(Cc1cccs1)C(=O)c1cccc(S(=O)(=O)N(C)C)c1. The average molecular weight is 383 g/mol. The van der Waals surface area contributed by atoms with Gasteiger partial charge >= 0.3 is 0 Å². The molecule has 0 unspecified atom stereocenters. The maximum absolute atomic E-state index is 12.9. The maximum Gasteiger partial charge on any atom is 0.254 e. The first-order valence-corrected chi connectivity index (χ1v) is 10.0. The van der Waals surface area contributed by atoms with Crippen LogP contribution in [0.5, 0.6) is 0 Å². The summed E-state index contributed by atoms with van der Waals surface area (Å²) in [6, 6.07) is 10.0. The van der Waals surface area contributed by atoms with Gasteiger partial charge in [-0.05, 0) is 29.6 Å². The average Bonchev–Trinajstić information content (AvgIpc) is 3.11. The van der Waals surface area contributed by atoms with Crippen molar-refractivity contribution in [3.63, 3.8) is 0 Å². The lowest BCUT2D eigenvalue weighted by Gasteiger charge is -2.22. The second kappa shape index (κ2) is 8.57. The van der Waals surface area contributed by atoms with Gasteiger partial charge in [0, 0.05) is 38.2 Å². The van der Waals surface area contributed by atoms with Crippen molar-refractivity contribution in [2.75, 3.05) is 34.4 Å². The molecule has 0 radical (unpaired) electrons. The second-order valence-electron chi connectivity index (χ2n) is 5.61. The number of amides is 1. The van der Waals surface area contributed by atoms with E-state index in [1.165, 1.54) is 26.2 Å². The highest BCUT2D eigenvalue weighted by atomic mass is 32.2. The van der Waals surface area contributed by atoms with Gasteiger partial charge in [-0.25, -0.2) is 12.7 Å². The molecule has 0 N–H and O–H groups in total. The molecule has 0 aliphatic carbocycles. The number of hydrogen-bond donors (Lipinski definition) is 0. The van der Waals surface area contributed by atoms with Crippen LogP contribution in [0.4, 0.5) is 0 Å². The third-order valence-electron chi connectivity index (χ3n) is 3.64. The molecule has 8 heteroatoms. The summed E-state index contributed by atoms with van der Waals surface area (Å²) in [4.78, 5) is 15.7. The van der Waals surface area contributed by atoms with Crippen LogP contribution >= 0.6 is 11.3 Å². The van der Waals surface area contributed by atoms with Crippen LogP contribution in [-0.2, 0) is 21.3 Å². The van der Waals surface area contributed by atoms with Crippen LogP contribution in [0.25, 0.3) is 0 Å². The summed E-state index contributed by atoms with van der Waals surface area (Å²) in [6.07, 6.45) is 0. The predicted molar refractivity (Wildman–Crippen MR) is 98.3 cm³/mol. The summed E-state index contributed by atoms with van der Waals surface area (Å²) in [6.45, 7) is 1.30. The number of carbonyl (C=O) groups excluding carboxylic acids is 1. The van der Waals surface area contributed by atoms with Crippen molar-refractivity contribution in [1.29, 1.82) is 0 Å². The molecule has 25 heavy (non-hydrogen) atoms. The summed E-state index contributed by atoms with van der Waals surface area (Å²) in [5, 5.41) is 1.96. The zero-order valence-corrected chi connectivity index (χ0v) is 16.1. The molecule has 0 saturated carbocycles. The molecule has 1 amide bonds. The van der Waals surface area contributed by atoms with Gasteiger partial charge in [-0.2, -0.15) is 0 Å². The highest BCUT2D eigenvalue weighted by molar-refractivity contribution is 7.89. The van der Waals surface area contributed by atoms with Gasteiger partial charge in [0.05, 0.1) is 18.0 Å². The van der Waals surface area contributed by atoms with Crippen LogP contribution < -0.4 is 0 Å². The molecule has 0 aliphatic heterocycles. The number of hydrogen-bond acceptors (Lipinski definition) is 5. The Labute approximate surface area is 152 Å². The van der Waals surface area contributed by atoms with Gasteiger partial charge in [0.2, 0.25) is 10.0 Å². The fraction of sp³-hybridized carbons (Fsp3) is 0.353. The molecular formula is C17H22N2O4S2. The molecule has 0 saturated heterocycles. The lowest BCUT2D eigenvalue weighted by Crippen LogP contribution is -2.33. The van der Waals surface area contributed by atoms with E-state index in [-0.39, 0.29) is 10.8 Å². The van der Waals surface area contributed by atoms with Crippen LogP contribution in [0.3, 0.4) is 0 Å². The van der Waals surface area contributed by atoms with E-state index in [4.69, 9.17) is 4.74 Å². The Balaban J connectivity index is 2.29. The van der Waals surface area contributed by atoms with Crippen molar-refractivity contribution in [2.24, 2.45) is 0 Å². The van der Waals surface area contributed by atoms with E-state index < -0.39 is 10.0 Å². The number of benzene rings is 1. The van der Waals surface area contributed by atoms with Gasteiger partial charge in [0.25, 0.3) is 5.91 Å². The molecule has 1 aromatic heterocycles. The molecule has 6 nitrogen and oxygen atoms in total. The van der Waals surface area contributed by atoms with Crippen LogP contribution in [0.1, 0.15) is 15.2 Å². The first-order chi connectivity index (χ1) is 11.9. The van der Waals surface area contributed by atoms with Crippen LogP contribution in [0.2, 0.25) is 0 Å². The number of thiophene rings is 1. The lowest BCUT2D eigenvalue weighted by molar-refractivity contribution is 0.0682. The quantitative estimate of drug-likeness (QED) is 0.703. The van der Waals surface area contributed by atoms with Gasteiger partial charge in [-0.1, -0.05) is 12.1 Å². The van der Waals surface area contributed by atoms with Gasteiger partial charge < -0.3 is 9.64 Å². The molecule has 136 valence electrons. The standard InChI is InChI=1S/C17H22N2O4S2/c1-18(2)25(21,22)16-8-4-6-14(12-16)17(20)19(9-10-23-3)13-15-7-5-11-24-15/h4-8,11-12H,9-10,13H2,1-3H3. The Hall–Kier alpha value is -1.74. The van der Waals surface area contributed by atoms with E-state index in [1.807, 2.05) is 17.5 Å². The smallest absolute Gasteiger partial charge is 0.254 e. The summed E-state index contributed by atoms with van der Waals surface area (Å²) in [7, 11) is 0.923. The molecule has 0 fully saturated rings. The minimum Gasteiger partial charge on any atom is -0.383 e. The van der Waals surface area contributed by atoms with Crippen LogP contribution in [-0.4, -0.2) is 57.9 Å². The number of sulfonamides is 1. The van der Waals surface area contributed by atoms with E-state index >= 15 is 0 Å². The number of nitrogens with zero attached hydrogens (tertiary/aromatic N) is 2. The number of ether oxygens (including phenoxy) is 1. The zero-order chi connectivity index (χ0) is 18.4. The molecule has 0 spiro atoms. The minimum absolute atomic E-state index is 0.103. The summed E-state index contributed by atoms with van der Waals surface area (Å²) in [5.41, 5.74) is 0.343. The van der Waals surface area contributed by atoms with Crippen molar-refractivity contribution in [3.8, 4) is 0 Å². The van der Waals surface area contributed by atoms with Gasteiger partial charge in [-0.15, -0.1) is 11.3 Å². The molecular weight excluding hydrogens is 360 g/mol. The van der Waals surface area contributed by atoms with E-state index in [9.17, 15) is 13.2 Å². The fourth-order valence-corrected chi connectivity index (χ4v) is 3.90. The molecule has 1 heterocycles. The van der Waals surface area contributed by atoms with Gasteiger partial charge in [0.1, 0.15) is 0 Å². The largest absolute Gasteiger partial charge is 0.383 e. The Kier molecular flexibility index (Phi) is 6.71. The summed E-state index contributed by atoms with van der Waals surface area (Å²) >= 11 is 1.57. The summed E-state index contributed by atoms with van der Waals surface area (Å²) < 4.78 is 30.8. The third kappa shape index (κ3) is 4.88. The van der Waals surface area contributed by atoms with Crippen LogP contribution in [0.15, 0.2) is 46.7 Å². The Morgan fingerprint density at radius 2 is 1.96 bits per heavy atom. The first-order valence-electron chi connectivity index (χ1n) is 7.69. The van der Waals surface area contributed by atoms with Crippen molar-refractivity contribution in [2.45, 2.75) is 11.4 Å². The Morgan fingerprint density at radius 1 is 1.20 bits per heavy atom. The molecule has 0 atom stereocenters. The van der Waals surface area contributed by atoms with Gasteiger partial charge in [-0.3, -0.25) is 4.79 Å². The fourth-order valence-electron chi connectivity index (χ4n) is 2.23. The third-order valence-corrected chi connectivity index (χ3v) is 6.31. The van der Waals surface area contributed by atoms with Crippen molar-refractivity contribution in [1.82, 2.24) is 9.21 Å². The monoisotopic (exact) mass is 382 g/mol. The number of carbonyl (C=O) groups is 1. The lowest BCUT2D eigenvalue weighted by atomic mass is 10.2. The highest BCUT2D eigenvalue weighted by Crippen LogP contribution is 2.18. The van der Waals surface area contributed by atoms with Crippen LogP contribution in [0, 0.1) is 0 Å². The molecule has 0 bridgehead atoms. The molecule has 2 rings (SSSR count). The van der Waals surface area contributed by atoms with E-state index in [0.717, 1.165) is 9.18 Å². The second-order valence-corrected chi connectivity index (χ2v) is 8.80. The summed E-state index contributed by atoms with van der Waals surface area (Å²) in [5.74, 6) is -0.221. The van der Waals surface area contributed by atoms with Crippen molar-refractivity contribution >= 4 is 27.3 Å². The van der Waals surface area contributed by atoms with Gasteiger partial charge in [0.15, 0.2) is 0 Å². The Bertz CT molecular complexity index is 802. The highest BCUT2D eigenvalue weighted by Gasteiger charge is 2.21. The maximum atomic E-state index is 12.9. The number of methoxy groups -OCH3 is 1. The van der Waals surface area contributed by atoms with E-state index in [2.05, 4.69) is 0 Å².